The summed E-state index contributed by atoms with van der Waals surface area (Å²) >= 11 is 0. The smallest absolute Gasteiger partial charge is 0.207 e. The zero-order valence-electron chi connectivity index (χ0n) is 17.5. The lowest BCUT2D eigenvalue weighted by Gasteiger charge is -2.10. The van der Waals surface area contributed by atoms with Gasteiger partial charge in [0.25, 0.3) is 0 Å². The standard InChI is InChI=1S/C26H20N4O2/c1-31-20-13-14-27-19(16-20)10-11-24-28-22-15-18-5-2-3-7-21(18)29-26(22)30(24)25-12-9-17-6-4-8-23(17)32-25/h2-9,12-16H,10-11H2,1H3. The number of hydrogen-bond donors (Lipinski definition) is 0. The Hall–Kier alpha value is -4.19. The average Bonchev–Trinajstić information content (AvgIpc) is 3.44. The summed E-state index contributed by atoms with van der Waals surface area (Å²) in [6.45, 7) is 0. The van der Waals surface area contributed by atoms with Crippen LogP contribution in [0.2, 0.25) is 0 Å². The second-order valence-electron chi connectivity index (χ2n) is 7.69. The van der Waals surface area contributed by atoms with Crippen LogP contribution in [0.5, 0.6) is 5.75 Å². The highest BCUT2D eigenvalue weighted by Gasteiger charge is 2.18. The predicted octanol–water partition coefficient (Wildman–Crippen LogP) is 5.46. The highest BCUT2D eigenvalue weighted by Crippen LogP contribution is 2.30. The quantitative estimate of drug-likeness (QED) is 0.370. The van der Waals surface area contributed by atoms with Gasteiger partial charge in [0.15, 0.2) is 5.65 Å². The first-order valence-corrected chi connectivity index (χ1v) is 10.5. The van der Waals surface area contributed by atoms with Gasteiger partial charge in [0.2, 0.25) is 5.88 Å². The van der Waals surface area contributed by atoms with Crippen LogP contribution in [0, 0.1) is 0 Å². The summed E-state index contributed by atoms with van der Waals surface area (Å²) in [5.74, 6) is 3.21. The zero-order valence-corrected chi connectivity index (χ0v) is 17.5. The fourth-order valence-corrected chi connectivity index (χ4v) is 4.09. The van der Waals surface area contributed by atoms with Crippen LogP contribution in [0.15, 0.2) is 83.4 Å². The number of hydrogen-bond acceptors (Lipinski definition) is 5. The van der Waals surface area contributed by atoms with Crippen molar-refractivity contribution in [1.29, 1.82) is 0 Å². The van der Waals surface area contributed by atoms with Crippen LogP contribution in [0.25, 0.3) is 39.3 Å². The molecule has 156 valence electrons. The maximum Gasteiger partial charge on any atom is 0.207 e. The van der Waals surface area contributed by atoms with E-state index in [1.165, 1.54) is 0 Å². The van der Waals surface area contributed by atoms with Gasteiger partial charge in [0.1, 0.15) is 22.9 Å². The van der Waals surface area contributed by atoms with Gasteiger partial charge in [-0.25, -0.2) is 14.5 Å². The number of methoxy groups -OCH3 is 1. The number of fused-ring (bicyclic) bond motifs is 3. The van der Waals surface area contributed by atoms with Gasteiger partial charge in [-0.1, -0.05) is 30.3 Å². The van der Waals surface area contributed by atoms with Crippen molar-refractivity contribution >= 4 is 22.1 Å². The molecule has 0 amide bonds. The first-order chi connectivity index (χ1) is 15.8. The molecular weight excluding hydrogens is 400 g/mol. The summed E-state index contributed by atoms with van der Waals surface area (Å²) in [5.41, 5.74) is 4.57. The molecule has 0 N–H and O–H groups in total. The van der Waals surface area contributed by atoms with E-state index in [0.29, 0.717) is 12.3 Å². The number of imidazole rings is 1. The fourth-order valence-electron chi connectivity index (χ4n) is 4.09. The van der Waals surface area contributed by atoms with E-state index < -0.39 is 0 Å². The van der Waals surface area contributed by atoms with Crippen LogP contribution in [-0.4, -0.2) is 26.6 Å². The lowest BCUT2D eigenvalue weighted by Crippen LogP contribution is -2.05. The van der Waals surface area contributed by atoms with Gasteiger partial charge in [-0.2, -0.15) is 0 Å². The Morgan fingerprint density at radius 2 is 1.81 bits per heavy atom. The summed E-state index contributed by atoms with van der Waals surface area (Å²) in [6, 6.07) is 24.0. The van der Waals surface area contributed by atoms with E-state index in [1.54, 1.807) is 13.3 Å². The summed E-state index contributed by atoms with van der Waals surface area (Å²) < 4.78 is 13.6. The van der Waals surface area contributed by atoms with E-state index in [1.807, 2.05) is 59.2 Å². The third-order valence-electron chi connectivity index (χ3n) is 5.68. The fraction of sp³-hybridized carbons (Fsp3) is 0.115. The minimum atomic E-state index is 0.682. The summed E-state index contributed by atoms with van der Waals surface area (Å²) in [7, 11) is 1.66. The van der Waals surface area contributed by atoms with E-state index in [4.69, 9.17) is 19.1 Å². The van der Waals surface area contributed by atoms with Crippen LogP contribution in [0.3, 0.4) is 0 Å². The third kappa shape index (κ3) is 3.17. The second-order valence-corrected chi connectivity index (χ2v) is 7.69. The van der Waals surface area contributed by atoms with Gasteiger partial charge in [0, 0.05) is 41.4 Å². The minimum absolute atomic E-state index is 0.682. The number of rotatable bonds is 5. The Kier molecular flexibility index (Phi) is 4.35. The monoisotopic (exact) mass is 420 g/mol. The molecule has 0 spiro atoms. The van der Waals surface area contributed by atoms with E-state index in [0.717, 1.165) is 57.1 Å². The molecule has 4 aromatic rings. The molecule has 4 heterocycles. The number of ether oxygens (including phenoxy) is 1. The molecule has 6 heteroatoms. The van der Waals surface area contributed by atoms with E-state index in [9.17, 15) is 0 Å². The first-order valence-electron chi connectivity index (χ1n) is 10.5. The van der Waals surface area contributed by atoms with Crippen LogP contribution >= 0.6 is 0 Å². The average molecular weight is 420 g/mol. The van der Waals surface area contributed by atoms with Gasteiger partial charge in [-0.05, 0) is 36.8 Å². The number of nitrogens with zero attached hydrogens (tertiary/aromatic N) is 4. The van der Waals surface area contributed by atoms with Crippen molar-refractivity contribution < 1.29 is 9.15 Å². The molecule has 6 rings (SSSR count). The van der Waals surface area contributed by atoms with Gasteiger partial charge in [0.05, 0.1) is 12.6 Å². The Morgan fingerprint density at radius 1 is 0.875 bits per heavy atom. The van der Waals surface area contributed by atoms with Crippen LogP contribution in [0.4, 0.5) is 0 Å². The lowest BCUT2D eigenvalue weighted by molar-refractivity contribution is 0.413. The molecule has 1 aliphatic heterocycles. The molecule has 0 atom stereocenters. The molecule has 32 heavy (non-hydrogen) atoms. The number of aromatic nitrogens is 4. The Labute approximate surface area is 184 Å². The highest BCUT2D eigenvalue weighted by atomic mass is 16.5. The minimum Gasteiger partial charge on any atom is -0.497 e. The number of benzene rings is 1. The van der Waals surface area contributed by atoms with Crippen molar-refractivity contribution in [2.24, 2.45) is 0 Å². The molecule has 0 radical (unpaired) electrons. The maximum absolute atomic E-state index is 6.24. The van der Waals surface area contributed by atoms with Gasteiger partial charge in [-0.3, -0.25) is 4.98 Å². The number of para-hydroxylation sites is 1. The Morgan fingerprint density at radius 3 is 2.75 bits per heavy atom. The molecule has 6 nitrogen and oxygen atoms in total. The normalized spacial score (nSPS) is 11.5. The topological polar surface area (TPSA) is 66.0 Å². The molecule has 2 aliphatic rings. The van der Waals surface area contributed by atoms with Crippen molar-refractivity contribution in [3.8, 4) is 23.0 Å². The van der Waals surface area contributed by atoms with Crippen molar-refractivity contribution in [3.05, 3.63) is 90.5 Å². The highest BCUT2D eigenvalue weighted by molar-refractivity contribution is 5.90. The van der Waals surface area contributed by atoms with Crippen LogP contribution in [-0.2, 0) is 12.8 Å². The van der Waals surface area contributed by atoms with Crippen molar-refractivity contribution in [2.75, 3.05) is 7.11 Å². The molecule has 0 fully saturated rings. The third-order valence-corrected chi connectivity index (χ3v) is 5.68. The molecule has 1 aromatic carbocycles. The van der Waals surface area contributed by atoms with Crippen LogP contribution in [0.1, 0.15) is 11.5 Å². The summed E-state index contributed by atoms with van der Waals surface area (Å²) in [6.07, 6.45) is 3.17. The molecule has 1 aliphatic carbocycles. The molecule has 3 aromatic heterocycles. The van der Waals surface area contributed by atoms with Crippen molar-refractivity contribution in [2.45, 2.75) is 12.8 Å². The lowest BCUT2D eigenvalue weighted by atomic mass is 10.2. The predicted molar refractivity (Wildman–Crippen MR) is 123 cm³/mol. The summed E-state index contributed by atoms with van der Waals surface area (Å²) in [5, 5.41) is 1.06. The Bertz CT molecular complexity index is 1530. The zero-order chi connectivity index (χ0) is 21.5. The van der Waals surface area contributed by atoms with Crippen molar-refractivity contribution in [3.63, 3.8) is 0 Å². The Balaban J connectivity index is 1.50. The molecular formula is C26H20N4O2. The number of pyridine rings is 2. The van der Waals surface area contributed by atoms with Gasteiger partial charge in [-0.15, -0.1) is 0 Å². The second kappa shape index (κ2) is 7.50. The molecule has 0 unspecified atom stereocenters. The largest absolute Gasteiger partial charge is 0.497 e. The number of aryl methyl sites for hydroxylation is 2. The van der Waals surface area contributed by atoms with Crippen molar-refractivity contribution in [1.82, 2.24) is 19.5 Å². The van der Waals surface area contributed by atoms with E-state index in [-0.39, 0.29) is 0 Å². The maximum atomic E-state index is 6.24. The van der Waals surface area contributed by atoms with Gasteiger partial charge >= 0.3 is 0 Å². The SMILES string of the molecule is COc1ccnc(CCc2nc3cc4ccccc4nc3n2-c2ccc3cccc-3o2)c1. The van der Waals surface area contributed by atoms with E-state index >= 15 is 0 Å². The molecule has 0 saturated carbocycles. The molecule has 0 bridgehead atoms. The summed E-state index contributed by atoms with van der Waals surface area (Å²) in [4.78, 5) is 14.4. The van der Waals surface area contributed by atoms with Crippen LogP contribution < -0.4 is 4.74 Å². The van der Waals surface area contributed by atoms with E-state index in [2.05, 4.69) is 23.2 Å². The van der Waals surface area contributed by atoms with Gasteiger partial charge < -0.3 is 9.15 Å². The molecule has 0 saturated heterocycles. The first kappa shape index (κ1) is 18.6.